The van der Waals surface area contributed by atoms with Gasteiger partial charge in [0.05, 0.1) is 12.1 Å². The van der Waals surface area contributed by atoms with Gasteiger partial charge in [-0.25, -0.2) is 0 Å². The Balaban J connectivity index is 2.26. The molecule has 1 aliphatic heterocycles. The molecule has 0 aliphatic carbocycles. The highest BCUT2D eigenvalue weighted by Crippen LogP contribution is 2.44. The topological polar surface area (TPSA) is 20.3 Å². The third-order valence-corrected chi connectivity index (χ3v) is 4.42. The second-order valence-corrected chi connectivity index (χ2v) is 5.74. The molecule has 0 radical (unpaired) electrons. The van der Waals surface area contributed by atoms with E-state index in [-0.39, 0.29) is 0 Å². The molecule has 5 heteroatoms. The summed E-state index contributed by atoms with van der Waals surface area (Å²) in [5, 5.41) is 0. The van der Waals surface area contributed by atoms with Crippen LogP contribution in [0.5, 0.6) is 0 Å². The zero-order valence-electron chi connectivity index (χ0n) is 12.8. The molecule has 0 fully saturated rings. The molecule has 0 bridgehead atoms. The van der Waals surface area contributed by atoms with E-state index in [1.807, 2.05) is 24.3 Å². The van der Waals surface area contributed by atoms with Gasteiger partial charge in [0.25, 0.3) is 0 Å². The number of amides is 1. The Morgan fingerprint density at radius 3 is 1.65 bits per heavy atom. The lowest BCUT2D eigenvalue weighted by atomic mass is 9.93. The van der Waals surface area contributed by atoms with E-state index in [0.717, 1.165) is 27.2 Å². The Morgan fingerprint density at radius 2 is 1.26 bits per heavy atom. The minimum atomic E-state index is -4.89. The lowest BCUT2D eigenvalue weighted by Crippen LogP contribution is -2.43. The van der Waals surface area contributed by atoms with Gasteiger partial charge in [-0.3, -0.25) is 4.79 Å². The highest BCUT2D eigenvalue weighted by Gasteiger charge is 2.47. The molecule has 0 N–H and O–H groups in total. The standard InChI is InChI=1S/C18H16F3NO/c1-11-13-7-3-5-9-15(13)16-10-6-4-8-14(16)12(2)22(11)17(23)18(19,20)21/h3-12H,1-2H3/t11-,12-/m1/s1. The van der Waals surface area contributed by atoms with Crippen molar-refractivity contribution in [2.24, 2.45) is 0 Å². The number of fused-ring (bicyclic) bond motifs is 3. The van der Waals surface area contributed by atoms with Gasteiger partial charge in [-0.05, 0) is 36.1 Å². The second-order valence-electron chi connectivity index (χ2n) is 5.74. The van der Waals surface area contributed by atoms with Gasteiger partial charge in [0.1, 0.15) is 0 Å². The van der Waals surface area contributed by atoms with Crippen LogP contribution >= 0.6 is 0 Å². The molecule has 0 unspecified atom stereocenters. The third-order valence-electron chi connectivity index (χ3n) is 4.42. The van der Waals surface area contributed by atoms with Crippen molar-refractivity contribution in [3.05, 3.63) is 59.7 Å². The van der Waals surface area contributed by atoms with Crippen LogP contribution in [0.15, 0.2) is 48.5 Å². The Kier molecular flexibility index (Phi) is 3.66. The third kappa shape index (κ3) is 2.50. The highest BCUT2D eigenvalue weighted by atomic mass is 19.4. The van der Waals surface area contributed by atoms with E-state index >= 15 is 0 Å². The largest absolute Gasteiger partial charge is 0.471 e. The number of hydrogen-bond acceptors (Lipinski definition) is 1. The van der Waals surface area contributed by atoms with Gasteiger partial charge < -0.3 is 4.90 Å². The van der Waals surface area contributed by atoms with Gasteiger partial charge in [0.2, 0.25) is 0 Å². The normalized spacial score (nSPS) is 20.5. The van der Waals surface area contributed by atoms with E-state index in [4.69, 9.17) is 0 Å². The van der Waals surface area contributed by atoms with E-state index in [0.29, 0.717) is 0 Å². The summed E-state index contributed by atoms with van der Waals surface area (Å²) in [5.74, 6) is -1.80. The Hall–Kier alpha value is -2.30. The first-order valence-electron chi connectivity index (χ1n) is 7.40. The molecule has 2 aromatic carbocycles. The zero-order chi connectivity index (χ0) is 16.8. The molecule has 1 heterocycles. The monoisotopic (exact) mass is 319 g/mol. The summed E-state index contributed by atoms with van der Waals surface area (Å²) in [7, 11) is 0. The summed E-state index contributed by atoms with van der Waals surface area (Å²) in [6.45, 7) is 3.29. The number of carbonyl (C=O) groups is 1. The fourth-order valence-corrected chi connectivity index (χ4v) is 3.35. The van der Waals surface area contributed by atoms with Crippen molar-refractivity contribution in [3.63, 3.8) is 0 Å². The zero-order valence-corrected chi connectivity index (χ0v) is 12.8. The number of benzene rings is 2. The van der Waals surface area contributed by atoms with Crippen molar-refractivity contribution in [2.75, 3.05) is 0 Å². The highest BCUT2D eigenvalue weighted by molar-refractivity contribution is 5.85. The average Bonchev–Trinajstić information content (AvgIpc) is 2.62. The first-order chi connectivity index (χ1) is 10.8. The Bertz CT molecular complexity index is 702. The van der Waals surface area contributed by atoms with Gasteiger partial charge in [-0.1, -0.05) is 48.5 Å². The maximum absolute atomic E-state index is 13.1. The molecule has 0 aromatic heterocycles. The molecule has 1 aliphatic rings. The Morgan fingerprint density at radius 1 is 0.870 bits per heavy atom. The first kappa shape index (κ1) is 15.6. The predicted octanol–water partition coefficient (Wildman–Crippen LogP) is 4.88. The van der Waals surface area contributed by atoms with Gasteiger partial charge in [-0.15, -0.1) is 0 Å². The number of hydrogen-bond donors (Lipinski definition) is 0. The number of halogens is 3. The van der Waals surface area contributed by atoms with Crippen LogP contribution < -0.4 is 0 Å². The molecule has 0 saturated heterocycles. The minimum absolute atomic E-state index is 0.664. The van der Waals surface area contributed by atoms with Crippen LogP contribution in [0, 0.1) is 0 Å². The number of rotatable bonds is 0. The fraction of sp³-hybridized carbons (Fsp3) is 0.278. The minimum Gasteiger partial charge on any atom is -0.321 e. The lowest BCUT2D eigenvalue weighted by molar-refractivity contribution is -0.190. The maximum atomic E-state index is 13.1. The van der Waals surface area contributed by atoms with Crippen LogP contribution in [0.4, 0.5) is 13.2 Å². The van der Waals surface area contributed by atoms with Crippen LogP contribution in [0.3, 0.4) is 0 Å². The van der Waals surface area contributed by atoms with E-state index in [1.165, 1.54) is 0 Å². The van der Waals surface area contributed by atoms with Crippen LogP contribution in [0.2, 0.25) is 0 Å². The summed E-state index contributed by atoms with van der Waals surface area (Å²) < 4.78 is 39.2. The van der Waals surface area contributed by atoms with Crippen molar-refractivity contribution in [1.82, 2.24) is 4.90 Å². The van der Waals surface area contributed by atoms with Gasteiger partial charge in [0, 0.05) is 0 Å². The summed E-state index contributed by atoms with van der Waals surface area (Å²) in [6.07, 6.45) is -4.89. The van der Waals surface area contributed by atoms with Gasteiger partial charge in [0.15, 0.2) is 0 Å². The van der Waals surface area contributed by atoms with Crippen molar-refractivity contribution >= 4 is 5.91 Å². The number of alkyl halides is 3. The number of nitrogens with zero attached hydrogens (tertiary/aromatic N) is 1. The average molecular weight is 319 g/mol. The second kappa shape index (κ2) is 5.41. The maximum Gasteiger partial charge on any atom is 0.471 e. The smallest absolute Gasteiger partial charge is 0.321 e. The van der Waals surface area contributed by atoms with Crippen LogP contribution in [-0.4, -0.2) is 17.0 Å². The van der Waals surface area contributed by atoms with Crippen LogP contribution in [0.1, 0.15) is 37.1 Å². The molecule has 0 spiro atoms. The molecule has 23 heavy (non-hydrogen) atoms. The molecule has 0 saturated carbocycles. The molecule has 120 valence electrons. The quantitative estimate of drug-likeness (QED) is 0.678. The Labute approximate surface area is 132 Å². The predicted molar refractivity (Wildman–Crippen MR) is 81.6 cm³/mol. The molecule has 2 aromatic rings. The van der Waals surface area contributed by atoms with E-state index in [1.54, 1.807) is 38.1 Å². The molecular formula is C18H16F3NO. The fourth-order valence-electron chi connectivity index (χ4n) is 3.35. The van der Waals surface area contributed by atoms with Gasteiger partial charge in [-0.2, -0.15) is 13.2 Å². The molecule has 1 amide bonds. The van der Waals surface area contributed by atoms with Crippen molar-refractivity contribution in [3.8, 4) is 11.1 Å². The summed E-state index contributed by atoms with van der Waals surface area (Å²) in [5.41, 5.74) is 3.20. The van der Waals surface area contributed by atoms with Crippen molar-refractivity contribution in [2.45, 2.75) is 32.1 Å². The summed E-state index contributed by atoms with van der Waals surface area (Å²) in [4.78, 5) is 12.9. The van der Waals surface area contributed by atoms with Crippen LogP contribution in [-0.2, 0) is 4.79 Å². The van der Waals surface area contributed by atoms with Crippen LogP contribution in [0.25, 0.3) is 11.1 Å². The molecule has 3 rings (SSSR count). The summed E-state index contributed by atoms with van der Waals surface area (Å²) >= 11 is 0. The SMILES string of the molecule is C[C@@H]1c2ccccc2-c2ccccc2[C@@H](C)N1C(=O)C(F)(F)F. The van der Waals surface area contributed by atoms with Gasteiger partial charge >= 0.3 is 12.1 Å². The van der Waals surface area contributed by atoms with E-state index < -0.39 is 24.2 Å². The van der Waals surface area contributed by atoms with Crippen molar-refractivity contribution in [1.29, 1.82) is 0 Å². The molecule has 2 nitrogen and oxygen atoms in total. The lowest BCUT2D eigenvalue weighted by Gasteiger charge is -2.34. The molecular weight excluding hydrogens is 303 g/mol. The summed E-state index contributed by atoms with van der Waals surface area (Å²) in [6, 6.07) is 13.3. The number of carbonyl (C=O) groups excluding carboxylic acids is 1. The van der Waals surface area contributed by atoms with E-state index in [2.05, 4.69) is 0 Å². The molecule has 2 atom stereocenters. The first-order valence-corrected chi connectivity index (χ1v) is 7.40. The van der Waals surface area contributed by atoms with Crippen molar-refractivity contribution < 1.29 is 18.0 Å². The van der Waals surface area contributed by atoms with E-state index in [9.17, 15) is 18.0 Å².